The first-order valence-corrected chi connectivity index (χ1v) is 4.26. The summed E-state index contributed by atoms with van der Waals surface area (Å²) in [6.45, 7) is 11.6. The van der Waals surface area contributed by atoms with E-state index in [2.05, 4.69) is 27.0 Å². The van der Waals surface area contributed by atoms with E-state index < -0.39 is 0 Å². The predicted molar refractivity (Wildman–Crippen MR) is 51.8 cm³/mol. The first-order chi connectivity index (χ1) is 5.59. The van der Waals surface area contributed by atoms with Crippen LogP contribution < -0.4 is 0 Å². The van der Waals surface area contributed by atoms with Crippen molar-refractivity contribution in [1.29, 1.82) is 0 Å². The van der Waals surface area contributed by atoms with Crippen molar-refractivity contribution in [2.75, 3.05) is 0 Å². The lowest BCUT2D eigenvalue weighted by Gasteiger charge is -2.32. The summed E-state index contributed by atoms with van der Waals surface area (Å²) >= 11 is 0. The first kappa shape index (κ1) is 9.11. The number of allylic oxidation sites excluding steroid dienone is 3. The fraction of sp³-hybridized carbons (Fsp3) is 0.455. The maximum Gasteiger partial charge on any atom is 0.122 e. The Bertz CT molecular complexity index is 233. The number of ether oxygens (including phenoxy) is 1. The Kier molecular flexibility index (Phi) is 2.41. The van der Waals surface area contributed by atoms with Crippen LogP contribution in [0.15, 0.2) is 36.6 Å². The van der Waals surface area contributed by atoms with Crippen molar-refractivity contribution >= 4 is 0 Å². The van der Waals surface area contributed by atoms with Crippen molar-refractivity contribution in [1.82, 2.24) is 0 Å². The minimum absolute atomic E-state index is 0.0456. The number of hydrogen-bond acceptors (Lipinski definition) is 1. The predicted octanol–water partition coefficient (Wildman–Crippen LogP) is 3.20. The van der Waals surface area contributed by atoms with Crippen LogP contribution in [0.4, 0.5) is 0 Å². The molecule has 0 aliphatic carbocycles. The Labute approximate surface area is 74.4 Å². The highest BCUT2D eigenvalue weighted by atomic mass is 16.5. The molecule has 1 heterocycles. The van der Waals surface area contributed by atoms with E-state index >= 15 is 0 Å². The van der Waals surface area contributed by atoms with Crippen LogP contribution in [0.5, 0.6) is 0 Å². The van der Waals surface area contributed by atoms with Crippen molar-refractivity contribution in [2.45, 2.75) is 32.3 Å². The van der Waals surface area contributed by atoms with E-state index in [0.29, 0.717) is 0 Å². The molecule has 1 aliphatic rings. The fourth-order valence-electron chi connectivity index (χ4n) is 1.35. The third kappa shape index (κ3) is 1.79. The van der Waals surface area contributed by atoms with Gasteiger partial charge in [0.1, 0.15) is 11.4 Å². The van der Waals surface area contributed by atoms with E-state index in [4.69, 9.17) is 4.74 Å². The molecular weight excluding hydrogens is 148 g/mol. The molecule has 1 aliphatic heterocycles. The number of rotatable bonds is 2. The average molecular weight is 164 g/mol. The van der Waals surface area contributed by atoms with Crippen LogP contribution in [-0.2, 0) is 4.74 Å². The molecule has 0 N–H and O–H groups in total. The molecule has 0 atom stereocenters. The minimum atomic E-state index is -0.0456. The molecule has 1 heteroatoms. The second-order valence-electron chi connectivity index (χ2n) is 3.66. The van der Waals surface area contributed by atoms with Crippen molar-refractivity contribution in [2.24, 2.45) is 0 Å². The second kappa shape index (κ2) is 3.18. The lowest BCUT2D eigenvalue weighted by molar-refractivity contribution is 0.0212. The third-order valence-electron chi connectivity index (χ3n) is 2.13. The summed E-state index contributed by atoms with van der Waals surface area (Å²) in [7, 11) is 0. The van der Waals surface area contributed by atoms with E-state index in [1.807, 2.05) is 6.08 Å². The van der Waals surface area contributed by atoms with Gasteiger partial charge in [0.25, 0.3) is 0 Å². The maximum atomic E-state index is 5.72. The Balaban J connectivity index is 2.91. The smallest absolute Gasteiger partial charge is 0.122 e. The zero-order chi connectivity index (χ0) is 9.19. The topological polar surface area (TPSA) is 9.23 Å². The highest BCUT2D eigenvalue weighted by molar-refractivity contribution is 5.29. The van der Waals surface area contributed by atoms with E-state index in [9.17, 15) is 0 Å². The van der Waals surface area contributed by atoms with Crippen molar-refractivity contribution in [3.8, 4) is 0 Å². The van der Waals surface area contributed by atoms with E-state index in [0.717, 1.165) is 18.6 Å². The van der Waals surface area contributed by atoms with Gasteiger partial charge in [-0.15, -0.1) is 0 Å². The lowest BCUT2D eigenvalue weighted by Crippen LogP contribution is -2.27. The molecule has 0 amide bonds. The molecule has 1 nitrogen and oxygen atoms in total. The largest absolute Gasteiger partial charge is 0.488 e. The maximum absolute atomic E-state index is 5.72. The summed E-state index contributed by atoms with van der Waals surface area (Å²) in [5.74, 6) is 0.890. The van der Waals surface area contributed by atoms with Crippen molar-refractivity contribution in [3.05, 3.63) is 36.6 Å². The van der Waals surface area contributed by atoms with Crippen LogP contribution in [0.25, 0.3) is 0 Å². The zero-order valence-electron chi connectivity index (χ0n) is 7.89. The normalized spacial score (nSPS) is 21.5. The van der Waals surface area contributed by atoms with Crippen molar-refractivity contribution < 1.29 is 4.74 Å². The Hall–Kier alpha value is -0.980. The molecule has 0 fully saturated rings. The standard InChI is InChI=1S/C11H16O/c1-5-9-7-8-11(3,4)12-10(9)6-2/h5-6H,1-2,7-8H2,3-4H3. The molecule has 12 heavy (non-hydrogen) atoms. The summed E-state index contributed by atoms with van der Waals surface area (Å²) in [5, 5.41) is 0. The van der Waals surface area contributed by atoms with Gasteiger partial charge in [0.2, 0.25) is 0 Å². The summed E-state index contributed by atoms with van der Waals surface area (Å²) < 4.78 is 5.72. The van der Waals surface area contributed by atoms with E-state index in [1.54, 1.807) is 6.08 Å². The first-order valence-electron chi connectivity index (χ1n) is 4.26. The van der Waals surface area contributed by atoms with Crippen LogP contribution in [0, 0.1) is 0 Å². The Morgan fingerprint density at radius 1 is 1.33 bits per heavy atom. The molecule has 0 radical (unpaired) electrons. The molecule has 0 bridgehead atoms. The molecule has 0 aromatic carbocycles. The molecule has 0 saturated carbocycles. The van der Waals surface area contributed by atoms with Gasteiger partial charge in [0.15, 0.2) is 0 Å². The molecule has 0 aromatic rings. The van der Waals surface area contributed by atoms with Gasteiger partial charge in [0.05, 0.1) is 0 Å². The summed E-state index contributed by atoms with van der Waals surface area (Å²) in [4.78, 5) is 0. The Morgan fingerprint density at radius 3 is 2.50 bits per heavy atom. The quantitative estimate of drug-likeness (QED) is 0.609. The average Bonchev–Trinajstić information content (AvgIpc) is 2.03. The van der Waals surface area contributed by atoms with Crippen LogP contribution in [-0.4, -0.2) is 5.60 Å². The second-order valence-corrected chi connectivity index (χ2v) is 3.66. The van der Waals surface area contributed by atoms with Gasteiger partial charge in [-0.3, -0.25) is 0 Å². The fourth-order valence-corrected chi connectivity index (χ4v) is 1.35. The van der Waals surface area contributed by atoms with Gasteiger partial charge in [0, 0.05) is 0 Å². The minimum Gasteiger partial charge on any atom is -0.488 e. The summed E-state index contributed by atoms with van der Waals surface area (Å²) in [6, 6.07) is 0. The SMILES string of the molecule is C=CC1=C(C=C)OC(C)(C)CC1. The van der Waals surface area contributed by atoms with E-state index in [1.165, 1.54) is 5.57 Å². The molecule has 0 unspecified atom stereocenters. The van der Waals surface area contributed by atoms with Gasteiger partial charge in [-0.25, -0.2) is 0 Å². The molecule has 66 valence electrons. The van der Waals surface area contributed by atoms with Gasteiger partial charge in [-0.2, -0.15) is 0 Å². The zero-order valence-corrected chi connectivity index (χ0v) is 7.89. The van der Waals surface area contributed by atoms with Gasteiger partial charge in [-0.1, -0.05) is 19.2 Å². The van der Waals surface area contributed by atoms with Crippen LogP contribution in [0.3, 0.4) is 0 Å². The monoisotopic (exact) mass is 164 g/mol. The van der Waals surface area contributed by atoms with Gasteiger partial charge < -0.3 is 4.74 Å². The molecule has 0 spiro atoms. The molecule has 1 rings (SSSR count). The highest BCUT2D eigenvalue weighted by Crippen LogP contribution is 2.31. The lowest BCUT2D eigenvalue weighted by atomic mass is 9.94. The molecular formula is C11H16O. The molecule has 0 aromatic heterocycles. The molecule has 0 saturated heterocycles. The summed E-state index contributed by atoms with van der Waals surface area (Å²) in [6.07, 6.45) is 5.70. The highest BCUT2D eigenvalue weighted by Gasteiger charge is 2.25. The van der Waals surface area contributed by atoms with Gasteiger partial charge >= 0.3 is 0 Å². The van der Waals surface area contributed by atoms with Crippen LogP contribution in [0.1, 0.15) is 26.7 Å². The van der Waals surface area contributed by atoms with Gasteiger partial charge in [-0.05, 0) is 38.3 Å². The summed E-state index contributed by atoms with van der Waals surface area (Å²) in [5.41, 5.74) is 1.13. The third-order valence-corrected chi connectivity index (χ3v) is 2.13. The Morgan fingerprint density at radius 2 is 2.00 bits per heavy atom. The van der Waals surface area contributed by atoms with Crippen LogP contribution in [0.2, 0.25) is 0 Å². The van der Waals surface area contributed by atoms with Crippen molar-refractivity contribution in [3.63, 3.8) is 0 Å². The van der Waals surface area contributed by atoms with E-state index in [-0.39, 0.29) is 5.60 Å². The number of hydrogen-bond donors (Lipinski definition) is 0. The van der Waals surface area contributed by atoms with Crippen LogP contribution >= 0.6 is 0 Å².